The summed E-state index contributed by atoms with van der Waals surface area (Å²) in [5.41, 5.74) is 1.28. The summed E-state index contributed by atoms with van der Waals surface area (Å²) in [5.74, 6) is 0.400. The van der Waals surface area contributed by atoms with Crippen LogP contribution >= 0.6 is 0 Å². The van der Waals surface area contributed by atoms with Gasteiger partial charge < -0.3 is 19.6 Å². The maximum absolute atomic E-state index is 12.8. The lowest BCUT2D eigenvalue weighted by atomic mass is 9.64. The average Bonchev–Trinajstić information content (AvgIpc) is 2.76. The molecular formula is C23H34N2O3. The van der Waals surface area contributed by atoms with Crippen LogP contribution in [-0.4, -0.2) is 72.9 Å². The van der Waals surface area contributed by atoms with Gasteiger partial charge >= 0.3 is 0 Å². The molecule has 4 rings (SSSR count). The van der Waals surface area contributed by atoms with E-state index in [1.54, 1.807) is 0 Å². The lowest BCUT2D eigenvalue weighted by molar-refractivity contribution is -0.137. The van der Waals surface area contributed by atoms with Crippen molar-refractivity contribution >= 4 is 5.91 Å². The highest BCUT2D eigenvalue weighted by Gasteiger charge is 2.46. The fourth-order valence-electron chi connectivity index (χ4n) is 5.52. The second-order valence-corrected chi connectivity index (χ2v) is 8.87. The van der Waals surface area contributed by atoms with Gasteiger partial charge in [0.25, 0.3) is 0 Å². The fourth-order valence-corrected chi connectivity index (χ4v) is 5.52. The summed E-state index contributed by atoms with van der Waals surface area (Å²) in [6.45, 7) is 5.76. The number of amides is 1. The second-order valence-electron chi connectivity index (χ2n) is 8.87. The first-order valence-electron chi connectivity index (χ1n) is 10.9. The summed E-state index contributed by atoms with van der Waals surface area (Å²) in [6.07, 6.45) is 6.09. The first-order valence-corrected chi connectivity index (χ1v) is 10.9. The van der Waals surface area contributed by atoms with Crippen molar-refractivity contribution < 1.29 is 14.6 Å². The minimum absolute atomic E-state index is 0.187. The van der Waals surface area contributed by atoms with Gasteiger partial charge in [-0.3, -0.25) is 4.79 Å². The van der Waals surface area contributed by atoms with Crippen LogP contribution in [0.25, 0.3) is 0 Å². The van der Waals surface area contributed by atoms with Crippen molar-refractivity contribution in [3.8, 4) is 0 Å². The molecule has 154 valence electrons. The molecule has 0 aliphatic carbocycles. The molecule has 3 aliphatic heterocycles. The van der Waals surface area contributed by atoms with Crippen LogP contribution in [0.2, 0.25) is 0 Å². The first kappa shape index (κ1) is 19.9. The highest BCUT2D eigenvalue weighted by atomic mass is 16.5. The highest BCUT2D eigenvalue weighted by molar-refractivity contribution is 5.78. The van der Waals surface area contributed by atoms with Crippen molar-refractivity contribution in [2.45, 2.75) is 44.6 Å². The number of hydrogen-bond acceptors (Lipinski definition) is 4. The molecule has 0 saturated carbocycles. The van der Waals surface area contributed by atoms with Gasteiger partial charge in [-0.2, -0.15) is 0 Å². The quantitative estimate of drug-likeness (QED) is 0.863. The summed E-state index contributed by atoms with van der Waals surface area (Å²) in [5, 5.41) is 10.1. The number of carbonyl (C=O) groups is 1. The van der Waals surface area contributed by atoms with Gasteiger partial charge in [-0.1, -0.05) is 30.3 Å². The van der Waals surface area contributed by atoms with E-state index in [0.29, 0.717) is 19.0 Å². The molecule has 0 radical (unpaired) electrons. The molecule has 5 nitrogen and oxygen atoms in total. The lowest BCUT2D eigenvalue weighted by Crippen LogP contribution is -2.56. The van der Waals surface area contributed by atoms with E-state index in [-0.39, 0.29) is 23.8 Å². The van der Waals surface area contributed by atoms with E-state index in [0.717, 1.165) is 70.5 Å². The van der Waals surface area contributed by atoms with Gasteiger partial charge in [-0.25, -0.2) is 0 Å². The lowest BCUT2D eigenvalue weighted by Gasteiger charge is -2.52. The summed E-state index contributed by atoms with van der Waals surface area (Å²) in [7, 11) is 0. The van der Waals surface area contributed by atoms with Gasteiger partial charge in [-0.15, -0.1) is 0 Å². The molecule has 0 bridgehead atoms. The summed E-state index contributed by atoms with van der Waals surface area (Å²) >= 11 is 0. The van der Waals surface area contributed by atoms with Crippen molar-refractivity contribution in [2.24, 2.45) is 11.3 Å². The third-order valence-electron chi connectivity index (χ3n) is 7.46. The Morgan fingerprint density at radius 3 is 2.43 bits per heavy atom. The average molecular weight is 387 g/mol. The van der Waals surface area contributed by atoms with Crippen molar-refractivity contribution in [3.63, 3.8) is 0 Å². The predicted octanol–water partition coefficient (Wildman–Crippen LogP) is 2.33. The number of ether oxygens (including phenoxy) is 1. The molecule has 3 saturated heterocycles. The molecule has 1 N–H and O–H groups in total. The number of nitrogens with zero attached hydrogens (tertiary/aromatic N) is 2. The Morgan fingerprint density at radius 1 is 1.07 bits per heavy atom. The number of aliphatic hydroxyl groups is 1. The molecular weight excluding hydrogens is 352 g/mol. The van der Waals surface area contributed by atoms with Crippen LogP contribution in [0.4, 0.5) is 0 Å². The number of piperidine rings is 2. The Kier molecular flexibility index (Phi) is 6.34. The number of carbonyl (C=O) groups excluding carboxylic acids is 1. The third-order valence-corrected chi connectivity index (χ3v) is 7.46. The number of aliphatic hydroxyl groups excluding tert-OH is 1. The van der Waals surface area contributed by atoms with Crippen molar-refractivity contribution in [1.29, 1.82) is 0 Å². The zero-order chi connectivity index (χ0) is 19.4. The third kappa shape index (κ3) is 4.27. The van der Waals surface area contributed by atoms with Crippen LogP contribution in [0.5, 0.6) is 0 Å². The number of benzene rings is 1. The second kappa shape index (κ2) is 8.93. The summed E-state index contributed by atoms with van der Waals surface area (Å²) in [4.78, 5) is 17.4. The molecule has 5 heteroatoms. The molecule has 1 aromatic rings. The predicted molar refractivity (Wildman–Crippen MR) is 109 cm³/mol. The standard InChI is InChI=1S/C23H34N2O3/c26-18-20-17-25(22(27)16-19-4-2-1-3-5-19)13-10-23(20)8-11-24(12-9-23)21-6-14-28-15-7-21/h1-5,20-21,26H,6-18H2/t20-/m0/s1. The van der Waals surface area contributed by atoms with Crippen LogP contribution in [0, 0.1) is 11.3 Å². The molecule has 28 heavy (non-hydrogen) atoms. The maximum Gasteiger partial charge on any atom is 0.227 e. The van der Waals surface area contributed by atoms with E-state index in [1.807, 2.05) is 35.2 Å². The molecule has 1 amide bonds. The van der Waals surface area contributed by atoms with Crippen molar-refractivity contribution in [2.75, 3.05) is 46.0 Å². The Morgan fingerprint density at radius 2 is 1.75 bits per heavy atom. The summed E-state index contributed by atoms with van der Waals surface area (Å²) < 4.78 is 5.51. The van der Waals surface area contributed by atoms with E-state index >= 15 is 0 Å². The minimum atomic E-state index is 0.187. The van der Waals surface area contributed by atoms with Crippen LogP contribution in [0.3, 0.4) is 0 Å². The highest BCUT2D eigenvalue weighted by Crippen LogP contribution is 2.45. The van der Waals surface area contributed by atoms with Crippen LogP contribution in [0.15, 0.2) is 30.3 Å². The minimum Gasteiger partial charge on any atom is -0.396 e. The molecule has 3 fully saturated rings. The Balaban J connectivity index is 1.34. The van der Waals surface area contributed by atoms with Crippen LogP contribution in [-0.2, 0) is 16.0 Å². The van der Waals surface area contributed by atoms with Gasteiger partial charge in [0.15, 0.2) is 0 Å². The monoisotopic (exact) mass is 386 g/mol. The van der Waals surface area contributed by atoms with Crippen LogP contribution in [0.1, 0.15) is 37.7 Å². The Hall–Kier alpha value is -1.43. The molecule has 3 aliphatic rings. The van der Waals surface area contributed by atoms with E-state index in [9.17, 15) is 9.90 Å². The molecule has 1 aromatic carbocycles. The summed E-state index contributed by atoms with van der Waals surface area (Å²) in [6, 6.07) is 10.6. The molecule has 0 unspecified atom stereocenters. The Bertz CT molecular complexity index is 637. The van der Waals surface area contributed by atoms with E-state index in [4.69, 9.17) is 4.74 Å². The van der Waals surface area contributed by atoms with E-state index < -0.39 is 0 Å². The SMILES string of the molecule is O=C(Cc1ccccc1)N1CCC2(CCN(C3CCOCC3)CC2)[C@H](CO)C1. The zero-order valence-corrected chi connectivity index (χ0v) is 16.9. The normalized spacial score (nSPS) is 26.5. The first-order chi connectivity index (χ1) is 13.7. The number of rotatable bonds is 4. The molecule has 1 spiro atoms. The van der Waals surface area contributed by atoms with Crippen LogP contribution < -0.4 is 0 Å². The zero-order valence-electron chi connectivity index (χ0n) is 16.9. The van der Waals surface area contributed by atoms with Gasteiger partial charge in [0.1, 0.15) is 0 Å². The number of hydrogen-bond donors (Lipinski definition) is 1. The van der Waals surface area contributed by atoms with Crippen molar-refractivity contribution in [1.82, 2.24) is 9.80 Å². The molecule has 3 heterocycles. The topological polar surface area (TPSA) is 53.0 Å². The Labute approximate surface area is 168 Å². The molecule has 1 atom stereocenters. The molecule has 0 aromatic heterocycles. The fraction of sp³-hybridized carbons (Fsp3) is 0.696. The number of likely N-dealkylation sites (tertiary alicyclic amines) is 2. The maximum atomic E-state index is 12.8. The van der Waals surface area contributed by atoms with E-state index in [1.165, 1.54) is 0 Å². The smallest absolute Gasteiger partial charge is 0.227 e. The largest absolute Gasteiger partial charge is 0.396 e. The van der Waals surface area contributed by atoms with Gasteiger partial charge in [0, 0.05) is 44.9 Å². The van der Waals surface area contributed by atoms with Gasteiger partial charge in [0.2, 0.25) is 5.91 Å². The van der Waals surface area contributed by atoms with E-state index in [2.05, 4.69) is 4.90 Å². The van der Waals surface area contributed by atoms with Gasteiger partial charge in [0.05, 0.1) is 6.42 Å². The van der Waals surface area contributed by atoms with Gasteiger partial charge in [-0.05, 0) is 56.2 Å². The van der Waals surface area contributed by atoms with Crippen molar-refractivity contribution in [3.05, 3.63) is 35.9 Å².